The molecule has 0 aliphatic heterocycles. The van der Waals surface area contributed by atoms with Crippen LogP contribution in [0.4, 0.5) is 15.9 Å². The zero-order valence-electron chi connectivity index (χ0n) is 11.2. The molecule has 0 atom stereocenters. The highest BCUT2D eigenvalue weighted by Crippen LogP contribution is 2.21. The molecular formula is C15H15FN2O2. The van der Waals surface area contributed by atoms with Crippen LogP contribution in [0.1, 0.15) is 35.8 Å². The largest absolute Gasteiger partial charge is 0.478 e. The number of hydrogen-bond donors (Lipinski definition) is 2. The third-order valence-electron chi connectivity index (χ3n) is 2.80. The van der Waals surface area contributed by atoms with Crippen molar-refractivity contribution in [1.29, 1.82) is 0 Å². The topological polar surface area (TPSA) is 62.2 Å². The minimum atomic E-state index is -1.00. The van der Waals surface area contributed by atoms with Crippen LogP contribution >= 0.6 is 0 Å². The summed E-state index contributed by atoms with van der Waals surface area (Å²) in [5, 5.41) is 12.1. The highest BCUT2D eigenvalue weighted by molar-refractivity contribution is 5.88. The summed E-state index contributed by atoms with van der Waals surface area (Å²) in [6, 6.07) is 8.80. The van der Waals surface area contributed by atoms with Crippen LogP contribution in [0.2, 0.25) is 0 Å². The first-order chi connectivity index (χ1) is 9.45. The summed E-state index contributed by atoms with van der Waals surface area (Å²) in [6.45, 7) is 3.88. The molecule has 1 aromatic carbocycles. The predicted molar refractivity (Wildman–Crippen MR) is 75.0 cm³/mol. The molecule has 1 heterocycles. The van der Waals surface area contributed by atoms with E-state index in [4.69, 9.17) is 5.11 Å². The number of carbonyl (C=O) groups is 1. The number of pyridine rings is 1. The van der Waals surface area contributed by atoms with Crippen LogP contribution in [0.5, 0.6) is 0 Å². The lowest BCUT2D eigenvalue weighted by Gasteiger charge is -2.11. The van der Waals surface area contributed by atoms with Crippen molar-refractivity contribution in [3.05, 3.63) is 53.5 Å². The smallest absolute Gasteiger partial charge is 0.335 e. The summed E-state index contributed by atoms with van der Waals surface area (Å²) in [7, 11) is 0. The number of carboxylic acid groups (broad SMARTS) is 1. The van der Waals surface area contributed by atoms with E-state index in [9.17, 15) is 9.18 Å². The Kier molecular flexibility index (Phi) is 3.98. The molecule has 0 amide bonds. The van der Waals surface area contributed by atoms with Crippen molar-refractivity contribution in [2.24, 2.45) is 0 Å². The zero-order chi connectivity index (χ0) is 14.7. The lowest BCUT2D eigenvalue weighted by molar-refractivity contribution is 0.0696. The molecule has 0 aliphatic carbocycles. The number of nitrogens with one attached hydrogen (secondary N) is 1. The molecule has 0 saturated heterocycles. The van der Waals surface area contributed by atoms with Crippen molar-refractivity contribution in [1.82, 2.24) is 4.98 Å². The fraction of sp³-hybridized carbons (Fsp3) is 0.200. The van der Waals surface area contributed by atoms with Gasteiger partial charge in [-0.3, -0.25) is 0 Å². The van der Waals surface area contributed by atoms with Gasteiger partial charge >= 0.3 is 5.97 Å². The average Bonchev–Trinajstić information content (AvgIpc) is 2.41. The second kappa shape index (κ2) is 5.69. The highest BCUT2D eigenvalue weighted by atomic mass is 19.1. The molecule has 2 N–H and O–H groups in total. The Morgan fingerprint density at radius 2 is 1.90 bits per heavy atom. The van der Waals surface area contributed by atoms with Crippen molar-refractivity contribution >= 4 is 17.5 Å². The van der Waals surface area contributed by atoms with Gasteiger partial charge in [0.15, 0.2) is 0 Å². The van der Waals surface area contributed by atoms with Crippen molar-refractivity contribution in [2.75, 3.05) is 5.32 Å². The van der Waals surface area contributed by atoms with E-state index in [0.29, 0.717) is 17.2 Å². The summed E-state index contributed by atoms with van der Waals surface area (Å²) in [6.07, 6.45) is 0. The number of carboxylic acids is 1. The van der Waals surface area contributed by atoms with Gasteiger partial charge in [0.05, 0.1) is 5.56 Å². The second-order valence-electron chi connectivity index (χ2n) is 4.76. The van der Waals surface area contributed by atoms with E-state index in [1.54, 1.807) is 18.2 Å². The number of hydrogen-bond acceptors (Lipinski definition) is 3. The molecular weight excluding hydrogens is 259 g/mol. The predicted octanol–water partition coefficient (Wildman–Crippen LogP) is 3.79. The van der Waals surface area contributed by atoms with Crippen molar-refractivity contribution < 1.29 is 14.3 Å². The second-order valence-corrected chi connectivity index (χ2v) is 4.76. The monoisotopic (exact) mass is 274 g/mol. The summed E-state index contributed by atoms with van der Waals surface area (Å²) in [5.41, 5.74) is 1.51. The van der Waals surface area contributed by atoms with Gasteiger partial charge < -0.3 is 10.4 Å². The normalized spacial score (nSPS) is 10.6. The highest BCUT2D eigenvalue weighted by Gasteiger charge is 2.11. The lowest BCUT2D eigenvalue weighted by atomic mass is 10.1. The number of halogens is 1. The van der Waals surface area contributed by atoms with Gasteiger partial charge in [0.25, 0.3) is 0 Å². The summed E-state index contributed by atoms with van der Waals surface area (Å²) < 4.78 is 12.8. The Bertz CT molecular complexity index is 624. The molecule has 5 heteroatoms. The first kappa shape index (κ1) is 14.0. The maximum Gasteiger partial charge on any atom is 0.335 e. The maximum absolute atomic E-state index is 12.8. The van der Waals surface area contributed by atoms with Gasteiger partial charge in [-0.05, 0) is 42.3 Å². The van der Waals surface area contributed by atoms with Gasteiger partial charge in [-0.2, -0.15) is 0 Å². The minimum absolute atomic E-state index is 0.114. The number of aromatic nitrogens is 1. The minimum Gasteiger partial charge on any atom is -0.478 e. The number of rotatable bonds is 4. The van der Waals surface area contributed by atoms with Crippen LogP contribution < -0.4 is 5.32 Å². The number of nitrogens with zero attached hydrogens (tertiary/aromatic N) is 1. The molecule has 2 aromatic rings. The maximum atomic E-state index is 12.8. The van der Waals surface area contributed by atoms with Crippen LogP contribution in [-0.4, -0.2) is 16.1 Å². The molecule has 0 unspecified atom stereocenters. The molecule has 104 valence electrons. The van der Waals surface area contributed by atoms with Gasteiger partial charge in [-0.15, -0.1) is 0 Å². The molecule has 1 aromatic heterocycles. The van der Waals surface area contributed by atoms with Gasteiger partial charge in [0.1, 0.15) is 11.6 Å². The summed E-state index contributed by atoms with van der Waals surface area (Å²) in [4.78, 5) is 15.5. The summed E-state index contributed by atoms with van der Waals surface area (Å²) >= 11 is 0. The van der Waals surface area contributed by atoms with Gasteiger partial charge in [0, 0.05) is 11.4 Å². The van der Waals surface area contributed by atoms with E-state index in [1.165, 1.54) is 18.2 Å². The molecule has 0 bridgehead atoms. The standard InChI is InChI=1S/C15H15FN2O2/c1-9(2)13-7-10(15(19)20)8-14(18-13)17-12-5-3-11(16)4-6-12/h3-9H,1-2H3,(H,17,18)(H,19,20). The fourth-order valence-corrected chi connectivity index (χ4v) is 1.72. The first-order valence-corrected chi connectivity index (χ1v) is 6.23. The van der Waals surface area contributed by atoms with Gasteiger partial charge in [-0.1, -0.05) is 13.8 Å². The Morgan fingerprint density at radius 1 is 1.25 bits per heavy atom. The SMILES string of the molecule is CC(C)c1cc(C(=O)O)cc(Nc2ccc(F)cc2)n1. The van der Waals surface area contributed by atoms with E-state index in [2.05, 4.69) is 10.3 Å². The Labute approximate surface area is 116 Å². The van der Waals surface area contributed by atoms with Crippen molar-refractivity contribution in [3.63, 3.8) is 0 Å². The Morgan fingerprint density at radius 3 is 2.45 bits per heavy atom. The molecule has 2 rings (SSSR count). The van der Waals surface area contributed by atoms with E-state index >= 15 is 0 Å². The van der Waals surface area contributed by atoms with Gasteiger partial charge in [0.2, 0.25) is 0 Å². The third kappa shape index (κ3) is 3.32. The van der Waals surface area contributed by atoms with Crippen molar-refractivity contribution in [3.8, 4) is 0 Å². The van der Waals surface area contributed by atoms with Crippen LogP contribution in [0.15, 0.2) is 36.4 Å². The third-order valence-corrected chi connectivity index (χ3v) is 2.80. The van der Waals surface area contributed by atoms with Gasteiger partial charge in [-0.25, -0.2) is 14.2 Å². The Hall–Kier alpha value is -2.43. The Balaban J connectivity index is 2.35. The quantitative estimate of drug-likeness (QED) is 0.890. The fourth-order valence-electron chi connectivity index (χ4n) is 1.72. The first-order valence-electron chi connectivity index (χ1n) is 6.23. The molecule has 0 aliphatic rings. The zero-order valence-corrected chi connectivity index (χ0v) is 11.2. The average molecular weight is 274 g/mol. The van der Waals surface area contributed by atoms with E-state index in [-0.39, 0.29) is 17.3 Å². The van der Waals surface area contributed by atoms with Crippen LogP contribution in [-0.2, 0) is 0 Å². The molecule has 0 spiro atoms. The lowest BCUT2D eigenvalue weighted by Crippen LogP contribution is -2.04. The van der Waals surface area contributed by atoms with E-state index in [0.717, 1.165) is 0 Å². The number of anilines is 2. The van der Waals surface area contributed by atoms with Crippen LogP contribution in [0.25, 0.3) is 0 Å². The number of benzene rings is 1. The van der Waals surface area contributed by atoms with Crippen LogP contribution in [0.3, 0.4) is 0 Å². The molecule has 0 fully saturated rings. The van der Waals surface area contributed by atoms with Crippen molar-refractivity contribution in [2.45, 2.75) is 19.8 Å². The molecule has 20 heavy (non-hydrogen) atoms. The molecule has 0 radical (unpaired) electrons. The van der Waals surface area contributed by atoms with E-state index < -0.39 is 5.97 Å². The molecule has 4 nitrogen and oxygen atoms in total. The van der Waals surface area contributed by atoms with E-state index in [1.807, 2.05) is 13.8 Å². The number of aromatic carboxylic acids is 1. The summed E-state index contributed by atoms with van der Waals surface area (Å²) in [5.74, 6) is -0.787. The molecule has 0 saturated carbocycles. The van der Waals surface area contributed by atoms with Crippen LogP contribution in [0, 0.1) is 5.82 Å².